The molecular weight excluding hydrogens is 453 g/mol. The van der Waals surface area contributed by atoms with Crippen LogP contribution in [0.3, 0.4) is 0 Å². The molecule has 6 nitrogen and oxygen atoms in total. The lowest BCUT2D eigenvalue weighted by molar-refractivity contribution is -0.106. The molecule has 1 aliphatic heterocycles. The van der Waals surface area contributed by atoms with Gasteiger partial charge in [-0.1, -0.05) is 36.4 Å². The molecule has 2 unspecified atom stereocenters. The minimum Gasteiger partial charge on any atom is -0.340 e. The number of aromatic nitrogens is 3. The molecule has 0 aliphatic carbocycles. The fraction of sp³-hybridized carbons (Fsp3) is 0.241. The molecule has 1 N–H and O–H groups in total. The van der Waals surface area contributed by atoms with Crippen LogP contribution < -0.4 is 5.32 Å². The molecule has 2 aromatic carbocycles. The summed E-state index contributed by atoms with van der Waals surface area (Å²) >= 11 is 0. The highest BCUT2D eigenvalue weighted by atomic mass is 19.1. The Morgan fingerprint density at radius 3 is 2.47 bits per heavy atom. The Morgan fingerprint density at radius 2 is 1.75 bits per heavy atom. The maximum Gasteiger partial charge on any atom is 0.135 e. The average molecular weight is 484 g/mol. The molecule has 4 aromatic rings. The zero-order valence-electron chi connectivity index (χ0n) is 20.5. The highest BCUT2D eigenvalue weighted by Gasteiger charge is 2.29. The van der Waals surface area contributed by atoms with Crippen molar-refractivity contribution in [2.24, 2.45) is 0 Å². The number of halogens is 1. The molecule has 0 amide bonds. The summed E-state index contributed by atoms with van der Waals surface area (Å²) in [6, 6.07) is 22.8. The quantitative estimate of drug-likeness (QED) is 0.360. The number of aldehydes is 1. The number of hydrogen-bond acceptors (Lipinski definition) is 6. The Balaban J connectivity index is 0.000000967. The summed E-state index contributed by atoms with van der Waals surface area (Å²) in [6.45, 7) is 3.34. The number of hydrogen-bond donors (Lipinski definition) is 1. The summed E-state index contributed by atoms with van der Waals surface area (Å²) in [5.41, 5.74) is 3.72. The van der Waals surface area contributed by atoms with E-state index in [0.29, 0.717) is 17.4 Å². The van der Waals surface area contributed by atoms with Crippen molar-refractivity contribution in [1.82, 2.24) is 19.9 Å². The molecular formula is C29H30FN5O. The monoisotopic (exact) mass is 483 g/mol. The van der Waals surface area contributed by atoms with Crippen molar-refractivity contribution in [3.05, 3.63) is 102 Å². The molecule has 1 fully saturated rings. The summed E-state index contributed by atoms with van der Waals surface area (Å²) in [6.07, 6.45) is 5.28. The maximum absolute atomic E-state index is 13.7. The number of rotatable bonds is 5. The van der Waals surface area contributed by atoms with E-state index < -0.39 is 0 Å². The van der Waals surface area contributed by atoms with Crippen LogP contribution in [-0.2, 0) is 4.79 Å². The highest BCUT2D eigenvalue weighted by molar-refractivity contribution is 5.65. The number of pyridine rings is 1. The fourth-order valence-electron chi connectivity index (χ4n) is 4.56. The van der Waals surface area contributed by atoms with Gasteiger partial charge in [0.15, 0.2) is 0 Å². The average Bonchev–Trinajstić information content (AvgIpc) is 2.90. The molecule has 0 spiro atoms. The third kappa shape index (κ3) is 6.58. The van der Waals surface area contributed by atoms with Crippen LogP contribution in [0.4, 0.5) is 15.9 Å². The summed E-state index contributed by atoms with van der Waals surface area (Å²) < 4.78 is 13.7. The lowest BCUT2D eigenvalue weighted by atomic mass is 9.84. The standard InChI is InChI=1S/C27H26FN5.C2H4O/c1-33-17-21(19-7-3-2-4-8-19)13-22(18-33)27-31-25(20-9-6-12-29-16-20)15-26(32-27)30-24-11-5-10-23(28)14-24;1-2-3/h2-12,14-16,21-22H,13,17-18H2,1H3,(H,30,31,32);2H,1H3. The van der Waals surface area contributed by atoms with Crippen molar-refractivity contribution in [2.75, 3.05) is 25.5 Å². The largest absolute Gasteiger partial charge is 0.340 e. The third-order valence-electron chi connectivity index (χ3n) is 6.07. The van der Waals surface area contributed by atoms with Crippen molar-refractivity contribution in [2.45, 2.75) is 25.2 Å². The van der Waals surface area contributed by atoms with E-state index in [0.717, 1.165) is 42.9 Å². The fourth-order valence-corrected chi connectivity index (χ4v) is 4.56. The van der Waals surface area contributed by atoms with Crippen molar-refractivity contribution >= 4 is 17.8 Å². The summed E-state index contributed by atoms with van der Waals surface area (Å²) in [4.78, 5) is 25.2. The van der Waals surface area contributed by atoms with E-state index in [4.69, 9.17) is 14.8 Å². The zero-order chi connectivity index (χ0) is 25.3. The Labute approximate surface area is 211 Å². The lowest BCUT2D eigenvalue weighted by Crippen LogP contribution is -2.36. The number of nitrogens with zero attached hydrogens (tertiary/aromatic N) is 4. The summed E-state index contributed by atoms with van der Waals surface area (Å²) in [5, 5.41) is 3.26. The van der Waals surface area contributed by atoms with Crippen LogP contribution in [0.2, 0.25) is 0 Å². The highest BCUT2D eigenvalue weighted by Crippen LogP contribution is 2.35. The van der Waals surface area contributed by atoms with Crippen molar-refractivity contribution in [1.29, 1.82) is 0 Å². The first-order valence-corrected chi connectivity index (χ1v) is 12.0. The molecule has 0 bridgehead atoms. The topological polar surface area (TPSA) is 71.0 Å². The lowest BCUT2D eigenvalue weighted by Gasteiger charge is -2.35. The molecule has 3 heterocycles. The Morgan fingerprint density at radius 1 is 0.972 bits per heavy atom. The number of likely N-dealkylation sites (N-methyl/N-ethyl adjacent to an activating group) is 1. The molecule has 36 heavy (non-hydrogen) atoms. The predicted octanol–water partition coefficient (Wildman–Crippen LogP) is 5.83. The van der Waals surface area contributed by atoms with Crippen LogP contribution in [0.15, 0.2) is 85.2 Å². The van der Waals surface area contributed by atoms with Gasteiger partial charge in [-0.3, -0.25) is 4.98 Å². The second kappa shape index (κ2) is 12.1. The number of benzene rings is 2. The first-order chi connectivity index (χ1) is 17.6. The van der Waals surface area contributed by atoms with E-state index in [1.807, 2.05) is 24.3 Å². The van der Waals surface area contributed by atoms with E-state index in [1.165, 1.54) is 24.6 Å². The first-order valence-electron chi connectivity index (χ1n) is 12.0. The van der Waals surface area contributed by atoms with E-state index in [9.17, 15) is 4.39 Å². The molecule has 1 saturated heterocycles. The summed E-state index contributed by atoms with van der Waals surface area (Å²) in [5.74, 6) is 1.75. The van der Waals surface area contributed by atoms with E-state index in [2.05, 4.69) is 52.6 Å². The normalized spacial score (nSPS) is 17.5. The van der Waals surface area contributed by atoms with Crippen LogP contribution >= 0.6 is 0 Å². The van der Waals surface area contributed by atoms with Crippen LogP contribution in [0.1, 0.15) is 36.6 Å². The van der Waals surface area contributed by atoms with Crippen LogP contribution in [0, 0.1) is 5.82 Å². The van der Waals surface area contributed by atoms with Crippen molar-refractivity contribution < 1.29 is 9.18 Å². The number of carbonyl (C=O) groups excluding carboxylic acids is 1. The van der Waals surface area contributed by atoms with Gasteiger partial charge in [-0.25, -0.2) is 14.4 Å². The SMILES string of the molecule is CC=O.CN1CC(c2ccccc2)CC(c2nc(Nc3cccc(F)c3)cc(-c3cccnc3)n2)C1. The number of nitrogens with one attached hydrogen (secondary N) is 1. The van der Waals surface area contributed by atoms with Gasteiger partial charge < -0.3 is 15.0 Å². The smallest absolute Gasteiger partial charge is 0.135 e. The van der Waals surface area contributed by atoms with Crippen LogP contribution in [-0.4, -0.2) is 46.3 Å². The number of carbonyl (C=O) groups is 1. The molecule has 5 rings (SSSR count). The molecule has 2 aromatic heterocycles. The molecule has 184 valence electrons. The van der Waals surface area contributed by atoms with Crippen molar-refractivity contribution in [3.8, 4) is 11.3 Å². The number of piperidine rings is 1. The Kier molecular flexibility index (Phi) is 8.47. The van der Waals surface area contributed by atoms with E-state index in [-0.39, 0.29) is 11.7 Å². The van der Waals surface area contributed by atoms with E-state index in [1.54, 1.807) is 18.5 Å². The Hall–Kier alpha value is -3.97. The van der Waals surface area contributed by atoms with E-state index >= 15 is 0 Å². The van der Waals surface area contributed by atoms with Gasteiger partial charge in [0, 0.05) is 48.7 Å². The van der Waals surface area contributed by atoms with Crippen LogP contribution in [0.25, 0.3) is 11.3 Å². The number of anilines is 2. The minimum atomic E-state index is -0.290. The zero-order valence-corrected chi connectivity index (χ0v) is 20.5. The minimum absolute atomic E-state index is 0.179. The van der Waals surface area contributed by atoms with Gasteiger partial charge in [-0.15, -0.1) is 0 Å². The third-order valence-corrected chi connectivity index (χ3v) is 6.07. The maximum atomic E-state index is 13.7. The number of likely N-dealkylation sites (tertiary alicyclic amines) is 1. The van der Waals surface area contributed by atoms with Gasteiger partial charge in [-0.05, 0) is 62.2 Å². The van der Waals surface area contributed by atoms with Gasteiger partial charge in [0.1, 0.15) is 23.7 Å². The first kappa shape index (κ1) is 25.1. The molecule has 0 saturated carbocycles. The predicted molar refractivity (Wildman–Crippen MR) is 141 cm³/mol. The summed E-state index contributed by atoms with van der Waals surface area (Å²) in [7, 11) is 2.15. The Bertz CT molecular complexity index is 1270. The second-order valence-corrected chi connectivity index (χ2v) is 8.87. The van der Waals surface area contributed by atoms with Gasteiger partial charge in [0.25, 0.3) is 0 Å². The van der Waals surface area contributed by atoms with Gasteiger partial charge in [0.05, 0.1) is 5.69 Å². The second-order valence-electron chi connectivity index (χ2n) is 8.87. The molecule has 2 atom stereocenters. The van der Waals surface area contributed by atoms with Crippen LogP contribution in [0.5, 0.6) is 0 Å². The molecule has 0 radical (unpaired) electrons. The van der Waals surface area contributed by atoms with Gasteiger partial charge in [-0.2, -0.15) is 0 Å². The van der Waals surface area contributed by atoms with Gasteiger partial charge in [0.2, 0.25) is 0 Å². The molecule has 1 aliphatic rings. The van der Waals surface area contributed by atoms with Crippen molar-refractivity contribution in [3.63, 3.8) is 0 Å². The van der Waals surface area contributed by atoms with Gasteiger partial charge >= 0.3 is 0 Å². The molecule has 7 heteroatoms.